The van der Waals surface area contributed by atoms with E-state index in [2.05, 4.69) is 34.8 Å². The van der Waals surface area contributed by atoms with Crippen molar-refractivity contribution in [3.05, 3.63) is 22.0 Å². The molecule has 0 bridgehead atoms. The van der Waals surface area contributed by atoms with Crippen molar-refractivity contribution >= 4 is 34.1 Å². The number of ether oxygens (including phenoxy) is 1. The highest BCUT2D eigenvalue weighted by Gasteiger charge is 2.30. The van der Waals surface area contributed by atoms with Crippen LogP contribution < -0.4 is 20.7 Å². The molecule has 0 saturated heterocycles. The van der Waals surface area contributed by atoms with Crippen LogP contribution in [-0.2, 0) is 4.79 Å². The summed E-state index contributed by atoms with van der Waals surface area (Å²) in [5, 5.41) is 12.5. The zero-order valence-corrected chi connectivity index (χ0v) is 21.0. The fourth-order valence-corrected chi connectivity index (χ4v) is 4.53. The Morgan fingerprint density at radius 1 is 1.19 bits per heavy atom. The molecule has 2 aromatic heterocycles. The van der Waals surface area contributed by atoms with Crippen molar-refractivity contribution in [3.8, 4) is 5.88 Å². The quantitative estimate of drug-likeness (QED) is 0.488. The summed E-state index contributed by atoms with van der Waals surface area (Å²) in [6, 6.07) is 0.178. The normalized spacial score (nSPS) is 19.6. The molecule has 4 unspecified atom stereocenters. The van der Waals surface area contributed by atoms with Crippen LogP contribution >= 0.6 is 11.6 Å². The Morgan fingerprint density at radius 2 is 1.91 bits per heavy atom. The summed E-state index contributed by atoms with van der Waals surface area (Å²) in [6.07, 6.45) is 2.54. The summed E-state index contributed by atoms with van der Waals surface area (Å²) >= 11 is 6.52. The van der Waals surface area contributed by atoms with E-state index in [4.69, 9.17) is 21.3 Å². The molecule has 0 saturated carbocycles. The molecule has 0 spiro atoms. The number of anilines is 1. The molecule has 0 aliphatic carbocycles. The summed E-state index contributed by atoms with van der Waals surface area (Å²) in [5.74, 6) is 1.22. The smallest absolute Gasteiger partial charge is 0.226 e. The molecule has 4 atom stereocenters. The number of hydrogen-bond acceptors (Lipinski definition) is 6. The van der Waals surface area contributed by atoms with E-state index in [1.54, 1.807) is 0 Å². The second-order valence-corrected chi connectivity index (χ2v) is 9.23. The molecule has 8 heteroatoms. The molecule has 32 heavy (non-hydrogen) atoms. The molecule has 0 fully saturated rings. The molecule has 3 N–H and O–H groups in total. The Kier molecular flexibility index (Phi) is 7.83. The predicted octanol–water partition coefficient (Wildman–Crippen LogP) is 4.83. The standard InChI is InChI=1S/C24H36ClN5O2/c1-8-10-12(3)26-11-17-16(7)32-24-20-19(14(5)22(25)30-24)13(4)21(29-23(20)28-17)15(6)27-18(31)9-2/h12,15-17,26H,8-11H2,1-7H3,(H,27,31)(H,28,29). The van der Waals surface area contributed by atoms with Crippen molar-refractivity contribution in [2.24, 2.45) is 0 Å². The van der Waals surface area contributed by atoms with Gasteiger partial charge in [0.05, 0.1) is 23.2 Å². The summed E-state index contributed by atoms with van der Waals surface area (Å²) in [6.45, 7) is 14.9. The van der Waals surface area contributed by atoms with Gasteiger partial charge in [0.1, 0.15) is 17.1 Å². The Balaban J connectivity index is 2.09. The first-order valence-corrected chi connectivity index (χ1v) is 12.0. The van der Waals surface area contributed by atoms with Crippen LogP contribution in [0.1, 0.15) is 76.7 Å². The fourth-order valence-electron chi connectivity index (χ4n) is 4.36. The molecule has 1 aliphatic heterocycles. The van der Waals surface area contributed by atoms with Crippen LogP contribution in [0.4, 0.5) is 5.82 Å². The number of carbonyl (C=O) groups is 1. The average Bonchev–Trinajstić information content (AvgIpc) is 2.87. The van der Waals surface area contributed by atoms with Crippen molar-refractivity contribution in [2.45, 2.75) is 92.0 Å². The molecule has 0 aromatic carbocycles. The maximum Gasteiger partial charge on any atom is 0.226 e. The molecular formula is C24H36ClN5O2. The van der Waals surface area contributed by atoms with Crippen LogP contribution in [-0.4, -0.2) is 40.6 Å². The highest BCUT2D eigenvalue weighted by molar-refractivity contribution is 6.31. The van der Waals surface area contributed by atoms with Gasteiger partial charge >= 0.3 is 0 Å². The molecule has 0 radical (unpaired) electrons. The lowest BCUT2D eigenvalue weighted by atomic mass is 9.99. The zero-order chi connectivity index (χ0) is 23.6. The van der Waals surface area contributed by atoms with Crippen molar-refractivity contribution in [1.82, 2.24) is 20.6 Å². The molecule has 1 aliphatic rings. The van der Waals surface area contributed by atoms with Gasteiger partial charge in [0.25, 0.3) is 0 Å². The minimum Gasteiger partial charge on any atom is -0.472 e. The number of rotatable bonds is 8. The Labute approximate surface area is 196 Å². The van der Waals surface area contributed by atoms with E-state index >= 15 is 0 Å². The first-order chi connectivity index (χ1) is 15.2. The maximum atomic E-state index is 12.0. The van der Waals surface area contributed by atoms with E-state index in [-0.39, 0.29) is 24.1 Å². The number of amides is 1. The van der Waals surface area contributed by atoms with Crippen molar-refractivity contribution in [3.63, 3.8) is 0 Å². The van der Waals surface area contributed by atoms with Gasteiger partial charge in [-0.05, 0) is 52.2 Å². The molecule has 3 rings (SSSR count). The maximum absolute atomic E-state index is 12.0. The summed E-state index contributed by atoms with van der Waals surface area (Å²) in [5.41, 5.74) is 2.67. The number of aryl methyl sites for hydroxylation is 2. The third-order valence-corrected chi connectivity index (χ3v) is 6.65. The van der Waals surface area contributed by atoms with Crippen LogP contribution in [0.5, 0.6) is 5.88 Å². The number of halogens is 1. The van der Waals surface area contributed by atoms with Crippen molar-refractivity contribution in [2.75, 3.05) is 11.9 Å². The van der Waals surface area contributed by atoms with Crippen molar-refractivity contribution < 1.29 is 9.53 Å². The van der Waals surface area contributed by atoms with Gasteiger partial charge in [-0.1, -0.05) is 31.9 Å². The molecule has 176 valence electrons. The largest absolute Gasteiger partial charge is 0.472 e. The third-order valence-electron chi connectivity index (χ3n) is 6.28. The molecule has 2 aromatic rings. The van der Waals surface area contributed by atoms with Crippen LogP contribution in [0.2, 0.25) is 5.15 Å². The summed E-state index contributed by atoms with van der Waals surface area (Å²) < 4.78 is 6.30. The Bertz CT molecular complexity index is 996. The molecular weight excluding hydrogens is 426 g/mol. The van der Waals surface area contributed by atoms with Gasteiger partial charge in [0.15, 0.2) is 0 Å². The first kappa shape index (κ1) is 24.5. The summed E-state index contributed by atoms with van der Waals surface area (Å²) in [4.78, 5) is 21.6. The highest BCUT2D eigenvalue weighted by Crippen LogP contribution is 2.41. The summed E-state index contributed by atoms with van der Waals surface area (Å²) in [7, 11) is 0. The van der Waals surface area contributed by atoms with Gasteiger partial charge in [-0.2, -0.15) is 0 Å². The average molecular weight is 462 g/mol. The van der Waals surface area contributed by atoms with Crippen LogP contribution in [0.15, 0.2) is 0 Å². The van der Waals surface area contributed by atoms with E-state index in [0.29, 0.717) is 23.5 Å². The topological polar surface area (TPSA) is 88.2 Å². The number of nitrogens with one attached hydrogen (secondary N) is 3. The van der Waals surface area contributed by atoms with E-state index < -0.39 is 0 Å². The zero-order valence-electron chi connectivity index (χ0n) is 20.2. The Morgan fingerprint density at radius 3 is 2.56 bits per heavy atom. The third kappa shape index (κ3) is 4.94. The van der Waals surface area contributed by atoms with Gasteiger partial charge in [-0.15, -0.1) is 0 Å². The monoisotopic (exact) mass is 461 g/mol. The number of nitrogens with zero attached hydrogens (tertiary/aromatic N) is 2. The van der Waals surface area contributed by atoms with E-state index in [1.165, 1.54) is 0 Å². The van der Waals surface area contributed by atoms with Gasteiger partial charge in [0.2, 0.25) is 11.8 Å². The Hall–Kier alpha value is -2.12. The predicted molar refractivity (Wildman–Crippen MR) is 131 cm³/mol. The second kappa shape index (κ2) is 10.2. The second-order valence-electron chi connectivity index (χ2n) is 8.87. The van der Waals surface area contributed by atoms with Crippen LogP contribution in [0.3, 0.4) is 0 Å². The number of aromatic nitrogens is 2. The highest BCUT2D eigenvalue weighted by atomic mass is 35.5. The van der Waals surface area contributed by atoms with Gasteiger partial charge < -0.3 is 20.7 Å². The van der Waals surface area contributed by atoms with Gasteiger partial charge in [-0.25, -0.2) is 9.97 Å². The van der Waals surface area contributed by atoms with Crippen molar-refractivity contribution in [1.29, 1.82) is 0 Å². The van der Waals surface area contributed by atoms with E-state index in [9.17, 15) is 4.79 Å². The fraction of sp³-hybridized carbons (Fsp3) is 0.625. The first-order valence-electron chi connectivity index (χ1n) is 11.6. The van der Waals surface area contributed by atoms with Gasteiger partial charge in [0, 0.05) is 24.4 Å². The molecule has 3 heterocycles. The van der Waals surface area contributed by atoms with Gasteiger partial charge in [-0.3, -0.25) is 4.79 Å². The number of pyridine rings is 2. The van der Waals surface area contributed by atoms with Crippen LogP contribution in [0.25, 0.3) is 10.8 Å². The SMILES string of the molecule is CCCC(C)NCC1Nc2nc(C(C)NC(=O)CC)c(C)c3c(C)c(Cl)nc(c23)OC1C. The van der Waals surface area contributed by atoms with E-state index in [1.807, 2.05) is 34.6 Å². The minimum absolute atomic E-state index is 0.00520. The number of hydrogen-bond donors (Lipinski definition) is 3. The lowest BCUT2D eigenvalue weighted by Crippen LogP contribution is -2.45. The molecule has 1 amide bonds. The number of carbonyl (C=O) groups excluding carboxylic acids is 1. The lowest BCUT2D eigenvalue weighted by molar-refractivity contribution is -0.121. The minimum atomic E-state index is -0.234. The lowest BCUT2D eigenvalue weighted by Gasteiger charge is -2.25. The molecule has 7 nitrogen and oxygen atoms in total. The van der Waals surface area contributed by atoms with Crippen LogP contribution in [0, 0.1) is 13.8 Å². The van der Waals surface area contributed by atoms with E-state index in [0.717, 1.165) is 52.8 Å².